The standard InChI is InChI=1S/C25H24F5N3O4/c1-11-18(13-4-5-14(26)20(27)21(13)36-3)22(37-24(11,2)25(28,29)30)16-8-17(35)19-15(32-16)6-7-31-23(19)33-9-12(34)10-33/h4-8,11-12,18,22,34H,9-10H2,1-3H3,(H,32,35)/t11-,18-,22-,24+/m0/s1. The Bertz CT molecular complexity index is 1420. The van der Waals surface area contributed by atoms with Gasteiger partial charge in [-0.2, -0.15) is 17.6 Å². The number of H-pyrrole nitrogens is 1. The zero-order valence-corrected chi connectivity index (χ0v) is 20.1. The zero-order chi connectivity index (χ0) is 26.9. The number of benzene rings is 1. The van der Waals surface area contributed by atoms with Gasteiger partial charge in [-0.15, -0.1) is 0 Å². The normalized spacial score (nSPS) is 26.5. The molecule has 0 aliphatic carbocycles. The summed E-state index contributed by atoms with van der Waals surface area (Å²) >= 11 is 0. The van der Waals surface area contributed by atoms with E-state index in [0.29, 0.717) is 24.4 Å². The molecule has 0 spiro atoms. The van der Waals surface area contributed by atoms with Crippen LogP contribution in [0.15, 0.2) is 35.3 Å². The topological polar surface area (TPSA) is 87.7 Å². The lowest BCUT2D eigenvalue weighted by Gasteiger charge is -2.37. The summed E-state index contributed by atoms with van der Waals surface area (Å²) in [4.78, 5) is 22.2. The number of fused-ring (bicyclic) bond motifs is 1. The molecule has 12 heteroatoms. The summed E-state index contributed by atoms with van der Waals surface area (Å²) in [6, 6.07) is 4.65. The second kappa shape index (κ2) is 8.66. The maximum Gasteiger partial charge on any atom is 0.417 e. The summed E-state index contributed by atoms with van der Waals surface area (Å²) in [6.07, 6.45) is -5.29. The van der Waals surface area contributed by atoms with Crippen molar-refractivity contribution in [2.45, 2.75) is 43.8 Å². The highest BCUT2D eigenvalue weighted by Gasteiger charge is 2.65. The second-order valence-electron chi connectivity index (χ2n) is 9.65. The molecule has 0 radical (unpaired) electrons. The fourth-order valence-corrected chi connectivity index (χ4v) is 5.30. The molecule has 7 nitrogen and oxygen atoms in total. The Hall–Kier alpha value is -3.25. The Labute approximate surface area is 207 Å². The lowest BCUT2D eigenvalue weighted by Crippen LogP contribution is -2.51. The van der Waals surface area contributed by atoms with E-state index in [0.717, 1.165) is 26.2 Å². The van der Waals surface area contributed by atoms with E-state index in [-0.39, 0.29) is 16.6 Å². The molecule has 0 bridgehead atoms. The smallest absolute Gasteiger partial charge is 0.417 e. The first-order valence-electron chi connectivity index (χ1n) is 11.6. The first-order valence-corrected chi connectivity index (χ1v) is 11.6. The maximum absolute atomic E-state index is 14.6. The third-order valence-corrected chi connectivity index (χ3v) is 7.52. The number of nitrogens with zero attached hydrogens (tertiary/aromatic N) is 2. The van der Waals surface area contributed by atoms with Crippen molar-refractivity contribution in [2.24, 2.45) is 5.92 Å². The molecule has 2 N–H and O–H groups in total. The Balaban J connectivity index is 1.68. The van der Waals surface area contributed by atoms with E-state index in [1.807, 2.05) is 0 Å². The monoisotopic (exact) mass is 525 g/mol. The molecule has 2 saturated heterocycles. The van der Waals surface area contributed by atoms with Gasteiger partial charge in [0.25, 0.3) is 0 Å². The number of alkyl halides is 3. The van der Waals surface area contributed by atoms with E-state index in [4.69, 9.17) is 9.47 Å². The molecule has 0 unspecified atom stereocenters. The van der Waals surface area contributed by atoms with Gasteiger partial charge in [-0.25, -0.2) is 9.37 Å². The van der Waals surface area contributed by atoms with Gasteiger partial charge in [-0.1, -0.05) is 13.0 Å². The van der Waals surface area contributed by atoms with Gasteiger partial charge in [0.15, 0.2) is 22.6 Å². The molecule has 5 rings (SSSR count). The first kappa shape index (κ1) is 25.4. The lowest BCUT2D eigenvalue weighted by molar-refractivity contribution is -0.275. The molecule has 0 saturated carbocycles. The van der Waals surface area contributed by atoms with Gasteiger partial charge < -0.3 is 24.5 Å². The van der Waals surface area contributed by atoms with Crippen molar-refractivity contribution >= 4 is 16.7 Å². The van der Waals surface area contributed by atoms with Gasteiger partial charge in [0, 0.05) is 48.4 Å². The molecule has 3 aromatic rings. The number of aliphatic hydroxyl groups excluding tert-OH is 1. The predicted molar refractivity (Wildman–Crippen MR) is 124 cm³/mol. The number of hydrogen-bond acceptors (Lipinski definition) is 6. The Morgan fingerprint density at radius 1 is 1.24 bits per heavy atom. The highest BCUT2D eigenvalue weighted by atomic mass is 19.4. The molecular weight excluding hydrogens is 501 g/mol. The van der Waals surface area contributed by atoms with E-state index >= 15 is 0 Å². The van der Waals surface area contributed by atoms with Crippen LogP contribution in [-0.2, 0) is 4.74 Å². The van der Waals surface area contributed by atoms with Crippen LogP contribution in [0.5, 0.6) is 5.75 Å². The molecule has 198 valence electrons. The van der Waals surface area contributed by atoms with Crippen LogP contribution < -0.4 is 15.1 Å². The fourth-order valence-electron chi connectivity index (χ4n) is 5.30. The lowest BCUT2D eigenvalue weighted by atomic mass is 9.76. The highest BCUT2D eigenvalue weighted by molar-refractivity contribution is 5.89. The molecule has 1 aromatic carbocycles. The van der Waals surface area contributed by atoms with Gasteiger partial charge in [-0.05, 0) is 19.1 Å². The van der Waals surface area contributed by atoms with Gasteiger partial charge in [0.2, 0.25) is 5.82 Å². The summed E-state index contributed by atoms with van der Waals surface area (Å²) in [6.45, 7) is 2.79. The van der Waals surface area contributed by atoms with Crippen molar-refractivity contribution in [3.63, 3.8) is 0 Å². The van der Waals surface area contributed by atoms with Crippen LogP contribution in [-0.4, -0.2) is 53.2 Å². The molecule has 4 heterocycles. The van der Waals surface area contributed by atoms with Gasteiger partial charge in [-0.3, -0.25) is 4.79 Å². The quantitative estimate of drug-likeness (QED) is 0.497. The van der Waals surface area contributed by atoms with Gasteiger partial charge in [0.1, 0.15) is 11.9 Å². The molecule has 37 heavy (non-hydrogen) atoms. The SMILES string of the molecule is COc1c([C@H]2[C@H](c3cc(=O)c4c(N5CC(O)C5)nccc4[nH]3)O[C@@](C)(C(F)(F)F)[C@H]2C)ccc(F)c1F. The van der Waals surface area contributed by atoms with E-state index in [2.05, 4.69) is 9.97 Å². The molecule has 2 aliphatic rings. The summed E-state index contributed by atoms with van der Waals surface area (Å²) in [7, 11) is 1.10. The third-order valence-electron chi connectivity index (χ3n) is 7.52. The average molecular weight is 525 g/mol. The van der Waals surface area contributed by atoms with Crippen LogP contribution >= 0.6 is 0 Å². The zero-order valence-electron chi connectivity index (χ0n) is 20.1. The van der Waals surface area contributed by atoms with E-state index < -0.39 is 58.6 Å². The Morgan fingerprint density at radius 3 is 2.57 bits per heavy atom. The number of aromatic amines is 1. The number of hydrogen-bond donors (Lipinski definition) is 2. The van der Waals surface area contributed by atoms with Crippen LogP contribution in [0.2, 0.25) is 0 Å². The van der Waals surface area contributed by atoms with Crippen LogP contribution in [0.3, 0.4) is 0 Å². The average Bonchev–Trinajstić information content (AvgIpc) is 3.10. The first-order chi connectivity index (χ1) is 17.4. The number of rotatable bonds is 4. The Kier molecular flexibility index (Phi) is 5.94. The Morgan fingerprint density at radius 2 is 1.95 bits per heavy atom. The molecular formula is C25H24F5N3O4. The van der Waals surface area contributed by atoms with Crippen molar-refractivity contribution in [1.29, 1.82) is 0 Å². The molecule has 2 aromatic heterocycles. The number of halogens is 5. The predicted octanol–water partition coefficient (Wildman–Crippen LogP) is 4.20. The van der Waals surface area contributed by atoms with E-state index in [1.54, 1.807) is 4.90 Å². The highest BCUT2D eigenvalue weighted by Crippen LogP contribution is 2.59. The van der Waals surface area contributed by atoms with Crippen molar-refractivity contribution in [3.8, 4) is 5.75 Å². The maximum atomic E-state index is 14.6. The number of anilines is 1. The minimum Gasteiger partial charge on any atom is -0.493 e. The molecule has 2 aliphatic heterocycles. The molecule has 4 atom stereocenters. The van der Waals surface area contributed by atoms with E-state index in [9.17, 15) is 31.9 Å². The van der Waals surface area contributed by atoms with Crippen LogP contribution in [0, 0.1) is 17.6 Å². The fraction of sp³-hybridized carbons (Fsp3) is 0.440. The van der Waals surface area contributed by atoms with E-state index in [1.165, 1.54) is 25.3 Å². The second-order valence-corrected chi connectivity index (χ2v) is 9.65. The third kappa shape index (κ3) is 3.84. The minimum absolute atomic E-state index is 0.0159. The van der Waals surface area contributed by atoms with Crippen LogP contribution in [0.1, 0.15) is 37.1 Å². The molecule has 0 amide bonds. The van der Waals surface area contributed by atoms with Crippen molar-refractivity contribution in [1.82, 2.24) is 9.97 Å². The van der Waals surface area contributed by atoms with Crippen molar-refractivity contribution < 1.29 is 36.5 Å². The summed E-state index contributed by atoms with van der Waals surface area (Å²) < 4.78 is 82.0. The van der Waals surface area contributed by atoms with Crippen molar-refractivity contribution in [2.75, 3.05) is 25.1 Å². The van der Waals surface area contributed by atoms with Gasteiger partial charge in [0.05, 0.1) is 24.1 Å². The number of aromatic nitrogens is 2. The number of pyridine rings is 2. The number of β-amino-alcohol motifs (C(OH)–C–C–N with tert-alkyl or cyclic N) is 1. The van der Waals surface area contributed by atoms with Crippen molar-refractivity contribution in [3.05, 3.63) is 63.6 Å². The van der Waals surface area contributed by atoms with Gasteiger partial charge >= 0.3 is 6.18 Å². The minimum atomic E-state index is -4.81. The van der Waals surface area contributed by atoms with Crippen LogP contribution in [0.4, 0.5) is 27.8 Å². The number of methoxy groups -OCH3 is 1. The van der Waals surface area contributed by atoms with Crippen LogP contribution in [0.25, 0.3) is 10.9 Å². The summed E-state index contributed by atoms with van der Waals surface area (Å²) in [5.74, 6) is -5.15. The molecule has 2 fully saturated rings. The number of ether oxygens (including phenoxy) is 2. The largest absolute Gasteiger partial charge is 0.493 e. The summed E-state index contributed by atoms with van der Waals surface area (Å²) in [5.41, 5.74) is -2.85. The number of nitrogens with one attached hydrogen (secondary N) is 1. The number of aliphatic hydroxyl groups is 1. The summed E-state index contributed by atoms with van der Waals surface area (Å²) in [5, 5.41) is 9.85.